The third-order valence-electron chi connectivity index (χ3n) is 12.4. The highest BCUT2D eigenvalue weighted by molar-refractivity contribution is 5.81. The minimum Gasteiger partial charge on any atom is -0.459 e. The number of alkyl carbamates (subject to hydrolysis) is 2. The highest BCUT2D eigenvalue weighted by Gasteiger charge is 2.45. The molecule has 16 heteroatoms. The van der Waals surface area contributed by atoms with Crippen molar-refractivity contribution in [2.45, 2.75) is 152 Å². The standard InChI is InChI=1S/C45H71N5O11/c1-12-34(51)58-14-16-60-36(53)46-32-21-42(6,7)26-44(10,23-32)28-49-38(55)48(25-31-18-30(3)19-41(4,5)20-31)39(56)50(40(49)57)29-45(11)24-33(22-43(8,9)27-45)47-37(54)61-17-15-59-35(52)13-2/h12-13,30-33H,1-2,14-29H2,3-11H3,(H,46,53)(H,47,54). The van der Waals surface area contributed by atoms with Crippen molar-refractivity contribution in [3.05, 3.63) is 56.8 Å². The van der Waals surface area contributed by atoms with Crippen molar-refractivity contribution in [1.29, 1.82) is 0 Å². The molecule has 0 spiro atoms. The summed E-state index contributed by atoms with van der Waals surface area (Å²) in [5.41, 5.74) is -3.84. The Bertz CT molecular complexity index is 1860. The van der Waals surface area contributed by atoms with Gasteiger partial charge in [0.15, 0.2) is 0 Å². The van der Waals surface area contributed by atoms with Crippen molar-refractivity contribution in [3.63, 3.8) is 0 Å². The SMILES string of the molecule is C=CC(=O)OCCOC(=O)NC1CC(C)(C)CC(C)(Cn2c(=O)n(CC3CC(C)CC(C)(C)C3)c(=O)n(CC3(C)CC(NC(=O)OCCOC(=O)C=C)CC(C)(C)C3)c2=O)C1. The van der Waals surface area contributed by atoms with Crippen LogP contribution in [0.4, 0.5) is 9.59 Å². The molecule has 6 atom stereocenters. The van der Waals surface area contributed by atoms with E-state index in [1.165, 1.54) is 13.7 Å². The van der Waals surface area contributed by atoms with E-state index in [0.29, 0.717) is 44.4 Å². The second-order valence-electron chi connectivity index (χ2n) is 21.2. The smallest absolute Gasteiger partial charge is 0.407 e. The first-order valence-corrected chi connectivity index (χ1v) is 21.7. The number of nitrogens with one attached hydrogen (secondary N) is 2. The van der Waals surface area contributed by atoms with E-state index in [1.54, 1.807) is 0 Å². The van der Waals surface area contributed by atoms with Gasteiger partial charge in [0.1, 0.15) is 26.4 Å². The van der Waals surface area contributed by atoms with Gasteiger partial charge in [0.2, 0.25) is 0 Å². The molecule has 3 aliphatic carbocycles. The van der Waals surface area contributed by atoms with Crippen LogP contribution in [0.15, 0.2) is 39.7 Å². The Labute approximate surface area is 359 Å². The van der Waals surface area contributed by atoms with Crippen LogP contribution in [0.2, 0.25) is 0 Å². The minimum absolute atomic E-state index is 0.0199. The molecular formula is C45H71N5O11. The summed E-state index contributed by atoms with van der Waals surface area (Å²) in [6.07, 6.45) is 6.82. The second-order valence-corrected chi connectivity index (χ2v) is 21.2. The number of esters is 2. The topological polar surface area (TPSA) is 195 Å². The third kappa shape index (κ3) is 14.2. The predicted molar refractivity (Wildman–Crippen MR) is 230 cm³/mol. The lowest BCUT2D eigenvalue weighted by atomic mass is 9.62. The zero-order valence-corrected chi connectivity index (χ0v) is 38.0. The van der Waals surface area contributed by atoms with Crippen molar-refractivity contribution in [2.75, 3.05) is 26.4 Å². The fraction of sp³-hybridized carbons (Fsp3) is 0.756. The van der Waals surface area contributed by atoms with Crippen LogP contribution in [0.3, 0.4) is 0 Å². The van der Waals surface area contributed by atoms with Crippen molar-refractivity contribution in [3.8, 4) is 0 Å². The molecule has 0 bridgehead atoms. The average Bonchev–Trinajstić information content (AvgIpc) is 3.11. The van der Waals surface area contributed by atoms with Crippen molar-refractivity contribution in [1.82, 2.24) is 24.3 Å². The molecule has 1 heterocycles. The summed E-state index contributed by atoms with van der Waals surface area (Å²) in [6.45, 7) is 25.3. The predicted octanol–water partition coefficient (Wildman–Crippen LogP) is 5.71. The molecule has 3 saturated carbocycles. The van der Waals surface area contributed by atoms with E-state index in [2.05, 4.69) is 72.3 Å². The first-order chi connectivity index (χ1) is 28.3. The number of amides is 2. The maximum Gasteiger partial charge on any atom is 0.407 e. The fourth-order valence-electron chi connectivity index (χ4n) is 11.6. The molecule has 3 aliphatic rings. The van der Waals surface area contributed by atoms with Crippen LogP contribution in [0.5, 0.6) is 0 Å². The lowest BCUT2D eigenvalue weighted by Crippen LogP contribution is -2.59. The zero-order chi connectivity index (χ0) is 45.6. The minimum atomic E-state index is -0.686. The first-order valence-electron chi connectivity index (χ1n) is 21.7. The van der Waals surface area contributed by atoms with Gasteiger partial charge in [-0.3, -0.25) is 0 Å². The van der Waals surface area contributed by atoms with E-state index in [-0.39, 0.29) is 80.3 Å². The van der Waals surface area contributed by atoms with Crippen LogP contribution < -0.4 is 27.7 Å². The molecule has 1 aromatic heterocycles. The zero-order valence-electron chi connectivity index (χ0n) is 38.0. The van der Waals surface area contributed by atoms with Gasteiger partial charge in [0.05, 0.1) is 0 Å². The normalized spacial score (nSPS) is 27.8. The van der Waals surface area contributed by atoms with E-state index in [4.69, 9.17) is 18.9 Å². The maximum absolute atomic E-state index is 14.8. The van der Waals surface area contributed by atoms with Crippen LogP contribution >= 0.6 is 0 Å². The third-order valence-corrected chi connectivity index (χ3v) is 12.4. The molecule has 0 aliphatic heterocycles. The summed E-state index contributed by atoms with van der Waals surface area (Å²) in [6, 6.07) is -0.707. The van der Waals surface area contributed by atoms with Gasteiger partial charge in [-0.2, -0.15) is 0 Å². The van der Waals surface area contributed by atoms with E-state index in [0.717, 1.165) is 31.4 Å². The van der Waals surface area contributed by atoms with Gasteiger partial charge in [-0.15, -0.1) is 0 Å². The Morgan fingerprint density at radius 2 is 0.984 bits per heavy atom. The number of aromatic nitrogens is 3. The van der Waals surface area contributed by atoms with Gasteiger partial charge < -0.3 is 29.6 Å². The Hall–Kier alpha value is -4.63. The Kier molecular flexibility index (Phi) is 15.8. The van der Waals surface area contributed by atoms with Crippen molar-refractivity contribution < 1.29 is 38.1 Å². The molecule has 0 saturated heterocycles. The molecule has 2 N–H and O–H groups in total. The summed E-state index contributed by atoms with van der Waals surface area (Å²) in [7, 11) is 0. The van der Waals surface area contributed by atoms with E-state index >= 15 is 0 Å². The van der Waals surface area contributed by atoms with Crippen molar-refractivity contribution in [2.24, 2.45) is 38.9 Å². The summed E-state index contributed by atoms with van der Waals surface area (Å²) in [5.74, 6) is -0.785. The van der Waals surface area contributed by atoms with E-state index < -0.39 is 52.0 Å². The Balaban J connectivity index is 1.66. The van der Waals surface area contributed by atoms with Gasteiger partial charge in [0.25, 0.3) is 0 Å². The molecule has 4 rings (SSSR count). The summed E-state index contributed by atoms with van der Waals surface area (Å²) in [4.78, 5) is 92.5. The van der Waals surface area contributed by atoms with Crippen LogP contribution in [-0.2, 0) is 48.2 Å². The van der Waals surface area contributed by atoms with Crippen LogP contribution in [0.25, 0.3) is 0 Å². The number of carbonyl (C=O) groups is 4. The molecule has 2 amide bonds. The fourth-order valence-corrected chi connectivity index (χ4v) is 11.6. The molecule has 6 unspecified atom stereocenters. The number of ether oxygens (including phenoxy) is 4. The van der Waals surface area contributed by atoms with Gasteiger partial charge in [-0.25, -0.2) is 47.3 Å². The first kappa shape index (κ1) is 49.0. The van der Waals surface area contributed by atoms with E-state index in [1.807, 2.05) is 13.8 Å². The number of hydrogen-bond donors (Lipinski definition) is 2. The maximum atomic E-state index is 14.8. The molecule has 342 valence electrons. The van der Waals surface area contributed by atoms with Crippen molar-refractivity contribution >= 4 is 24.1 Å². The highest BCUT2D eigenvalue weighted by atomic mass is 16.6. The molecule has 61 heavy (non-hydrogen) atoms. The molecule has 0 radical (unpaired) electrons. The summed E-state index contributed by atoms with van der Waals surface area (Å²) in [5, 5.41) is 5.88. The van der Waals surface area contributed by atoms with Crippen LogP contribution in [-0.4, -0.2) is 76.3 Å². The lowest BCUT2D eigenvalue weighted by molar-refractivity contribution is -0.139. The summed E-state index contributed by atoms with van der Waals surface area (Å²) < 4.78 is 24.1. The second kappa shape index (κ2) is 19.6. The number of nitrogens with zero attached hydrogens (tertiary/aromatic N) is 3. The largest absolute Gasteiger partial charge is 0.459 e. The van der Waals surface area contributed by atoms with Gasteiger partial charge in [0, 0.05) is 43.9 Å². The lowest BCUT2D eigenvalue weighted by Gasteiger charge is -2.47. The number of rotatable bonds is 16. The summed E-state index contributed by atoms with van der Waals surface area (Å²) >= 11 is 0. The van der Waals surface area contributed by atoms with E-state index in [9.17, 15) is 33.6 Å². The molecule has 3 fully saturated rings. The molecular weight excluding hydrogens is 787 g/mol. The molecule has 16 nitrogen and oxygen atoms in total. The highest BCUT2D eigenvalue weighted by Crippen LogP contribution is 2.48. The van der Waals surface area contributed by atoms with Gasteiger partial charge in [-0.05, 0) is 96.7 Å². The average molecular weight is 858 g/mol. The number of hydrogen-bond acceptors (Lipinski definition) is 11. The molecule has 0 aromatic carbocycles. The quantitative estimate of drug-likeness (QED) is 0.0894. The van der Waals surface area contributed by atoms with Gasteiger partial charge >= 0.3 is 41.2 Å². The Morgan fingerprint density at radius 3 is 1.38 bits per heavy atom. The molecule has 1 aromatic rings. The monoisotopic (exact) mass is 858 g/mol. The van der Waals surface area contributed by atoms with Gasteiger partial charge in [-0.1, -0.05) is 75.5 Å². The van der Waals surface area contributed by atoms with Crippen LogP contribution in [0, 0.1) is 38.9 Å². The Morgan fingerprint density at radius 1 is 0.590 bits per heavy atom. The van der Waals surface area contributed by atoms with Crippen LogP contribution in [0.1, 0.15) is 120 Å². The number of carbonyl (C=O) groups excluding carboxylic acids is 4.